The fourth-order valence-electron chi connectivity index (χ4n) is 0.851. The van der Waals surface area contributed by atoms with Crippen LogP contribution < -0.4 is 5.73 Å². The van der Waals surface area contributed by atoms with Crippen LogP contribution in [0.25, 0.3) is 0 Å². The molecule has 3 N–H and O–H groups in total. The van der Waals surface area contributed by atoms with E-state index in [0.717, 1.165) is 0 Å². The van der Waals surface area contributed by atoms with E-state index in [-0.39, 0.29) is 0 Å². The Hall–Kier alpha value is -1.29. The molecule has 4 heteroatoms. The summed E-state index contributed by atoms with van der Waals surface area (Å²) in [5.74, 6) is -1.00. The highest BCUT2D eigenvalue weighted by molar-refractivity contribution is 5.75. The summed E-state index contributed by atoms with van der Waals surface area (Å²) in [5, 5.41) is 8.51. The van der Waals surface area contributed by atoms with Crippen molar-refractivity contribution in [1.82, 2.24) is 4.57 Å². The molecule has 1 aromatic heterocycles. The predicted molar refractivity (Wildman–Crippen MR) is 40.0 cm³/mol. The standard InChI is InChI=1S/C7H10N2O2/c1-9-3-2-5(4-9)6(8)7(10)11/h2-4,6H,8H2,1H3,(H,10,11)/t6-/m1/s1. The largest absolute Gasteiger partial charge is 0.480 e. The third-order valence-electron chi connectivity index (χ3n) is 1.48. The molecule has 11 heavy (non-hydrogen) atoms. The van der Waals surface area contributed by atoms with Crippen LogP contribution in [0.5, 0.6) is 0 Å². The average Bonchev–Trinajstić information content (AvgIpc) is 2.34. The molecule has 0 aromatic carbocycles. The number of nitrogens with zero attached hydrogens (tertiary/aromatic N) is 1. The van der Waals surface area contributed by atoms with Gasteiger partial charge in [-0.15, -0.1) is 0 Å². The van der Waals surface area contributed by atoms with Gasteiger partial charge in [0.1, 0.15) is 6.04 Å². The fourth-order valence-corrected chi connectivity index (χ4v) is 0.851. The number of carboxylic acids is 1. The summed E-state index contributed by atoms with van der Waals surface area (Å²) < 4.78 is 1.76. The number of aliphatic carboxylic acids is 1. The van der Waals surface area contributed by atoms with E-state index in [4.69, 9.17) is 10.8 Å². The molecular weight excluding hydrogens is 144 g/mol. The minimum atomic E-state index is -1.00. The summed E-state index contributed by atoms with van der Waals surface area (Å²) in [4.78, 5) is 10.4. The van der Waals surface area contributed by atoms with Crippen LogP contribution in [0.1, 0.15) is 11.6 Å². The second-order valence-corrected chi connectivity index (χ2v) is 2.43. The topological polar surface area (TPSA) is 68.2 Å². The van der Waals surface area contributed by atoms with Gasteiger partial charge in [0.05, 0.1) is 0 Å². The summed E-state index contributed by atoms with van der Waals surface area (Å²) in [6.45, 7) is 0. The van der Waals surface area contributed by atoms with Gasteiger partial charge in [0, 0.05) is 19.4 Å². The van der Waals surface area contributed by atoms with E-state index in [0.29, 0.717) is 5.56 Å². The first kappa shape index (κ1) is 7.81. The minimum Gasteiger partial charge on any atom is -0.480 e. The van der Waals surface area contributed by atoms with Crippen molar-refractivity contribution in [3.8, 4) is 0 Å². The molecular formula is C7H10N2O2. The summed E-state index contributed by atoms with van der Waals surface area (Å²) in [6, 6.07) is 0.787. The Morgan fingerprint density at radius 2 is 2.45 bits per heavy atom. The van der Waals surface area contributed by atoms with Crippen LogP contribution in [-0.4, -0.2) is 15.6 Å². The van der Waals surface area contributed by atoms with Gasteiger partial charge in [-0.1, -0.05) is 0 Å². The highest BCUT2D eigenvalue weighted by atomic mass is 16.4. The minimum absolute atomic E-state index is 0.625. The van der Waals surface area contributed by atoms with Gasteiger partial charge < -0.3 is 15.4 Å². The van der Waals surface area contributed by atoms with Gasteiger partial charge in [0.15, 0.2) is 0 Å². The molecule has 1 atom stereocenters. The second kappa shape index (κ2) is 2.75. The molecule has 0 saturated carbocycles. The van der Waals surface area contributed by atoms with Crippen molar-refractivity contribution in [3.05, 3.63) is 24.0 Å². The van der Waals surface area contributed by atoms with E-state index in [1.165, 1.54) is 0 Å². The zero-order valence-electron chi connectivity index (χ0n) is 6.19. The van der Waals surface area contributed by atoms with E-state index in [2.05, 4.69) is 0 Å². The Bertz CT molecular complexity index is 267. The number of carbonyl (C=O) groups is 1. The molecule has 0 spiro atoms. The van der Waals surface area contributed by atoms with E-state index >= 15 is 0 Å². The molecule has 1 aromatic rings. The molecule has 0 aliphatic carbocycles. The first-order chi connectivity index (χ1) is 5.11. The lowest BCUT2D eigenvalue weighted by Gasteiger charge is -2.01. The maximum absolute atomic E-state index is 10.4. The van der Waals surface area contributed by atoms with Crippen LogP contribution in [0, 0.1) is 0 Å². The molecule has 0 aliphatic heterocycles. The maximum atomic E-state index is 10.4. The first-order valence-electron chi connectivity index (χ1n) is 3.21. The normalized spacial score (nSPS) is 12.9. The highest BCUT2D eigenvalue weighted by Crippen LogP contribution is 2.09. The van der Waals surface area contributed by atoms with Crippen molar-refractivity contribution in [2.75, 3.05) is 0 Å². The molecule has 0 amide bonds. The van der Waals surface area contributed by atoms with Crippen LogP contribution in [0.4, 0.5) is 0 Å². The van der Waals surface area contributed by atoms with Gasteiger partial charge in [-0.05, 0) is 11.6 Å². The number of hydrogen-bond acceptors (Lipinski definition) is 2. The maximum Gasteiger partial charge on any atom is 0.325 e. The van der Waals surface area contributed by atoms with Gasteiger partial charge >= 0.3 is 5.97 Å². The van der Waals surface area contributed by atoms with Gasteiger partial charge in [0.25, 0.3) is 0 Å². The third kappa shape index (κ3) is 1.59. The number of aryl methyl sites for hydroxylation is 1. The average molecular weight is 154 g/mol. The zero-order chi connectivity index (χ0) is 8.43. The number of hydrogen-bond donors (Lipinski definition) is 2. The Balaban J connectivity index is 2.84. The van der Waals surface area contributed by atoms with Crippen molar-refractivity contribution in [1.29, 1.82) is 0 Å². The predicted octanol–water partition coefficient (Wildman–Crippen LogP) is 0.109. The number of rotatable bonds is 2. The first-order valence-corrected chi connectivity index (χ1v) is 3.21. The Morgan fingerprint density at radius 3 is 2.82 bits per heavy atom. The zero-order valence-corrected chi connectivity index (χ0v) is 6.19. The molecule has 60 valence electrons. The third-order valence-corrected chi connectivity index (χ3v) is 1.48. The van der Waals surface area contributed by atoms with E-state index in [1.807, 2.05) is 7.05 Å². The van der Waals surface area contributed by atoms with Gasteiger partial charge in [-0.3, -0.25) is 4.79 Å². The fraction of sp³-hybridized carbons (Fsp3) is 0.286. The van der Waals surface area contributed by atoms with E-state index in [9.17, 15) is 4.79 Å². The summed E-state index contributed by atoms with van der Waals surface area (Å²) in [7, 11) is 1.82. The Labute approximate surface area is 64.2 Å². The van der Waals surface area contributed by atoms with Gasteiger partial charge in [0.2, 0.25) is 0 Å². The van der Waals surface area contributed by atoms with Crippen molar-refractivity contribution in [3.63, 3.8) is 0 Å². The van der Waals surface area contributed by atoms with Gasteiger partial charge in [-0.2, -0.15) is 0 Å². The Kier molecular flexibility index (Phi) is 1.96. The van der Waals surface area contributed by atoms with E-state index < -0.39 is 12.0 Å². The summed E-state index contributed by atoms with van der Waals surface area (Å²) >= 11 is 0. The molecule has 0 saturated heterocycles. The lowest BCUT2D eigenvalue weighted by Crippen LogP contribution is -2.19. The van der Waals surface area contributed by atoms with Crippen molar-refractivity contribution in [2.45, 2.75) is 6.04 Å². The lowest BCUT2D eigenvalue weighted by molar-refractivity contribution is -0.138. The van der Waals surface area contributed by atoms with E-state index in [1.54, 1.807) is 23.0 Å². The lowest BCUT2D eigenvalue weighted by atomic mass is 10.2. The monoisotopic (exact) mass is 154 g/mol. The van der Waals surface area contributed by atoms with Crippen molar-refractivity contribution < 1.29 is 9.90 Å². The molecule has 0 fully saturated rings. The molecule has 4 nitrogen and oxygen atoms in total. The van der Waals surface area contributed by atoms with Crippen LogP contribution in [-0.2, 0) is 11.8 Å². The smallest absolute Gasteiger partial charge is 0.325 e. The number of aromatic nitrogens is 1. The molecule has 0 unspecified atom stereocenters. The van der Waals surface area contributed by atoms with Crippen molar-refractivity contribution >= 4 is 5.97 Å². The van der Waals surface area contributed by atoms with Crippen LogP contribution in [0.3, 0.4) is 0 Å². The summed E-state index contributed by atoms with van der Waals surface area (Å²) in [5.41, 5.74) is 5.96. The summed E-state index contributed by atoms with van der Waals surface area (Å²) in [6.07, 6.45) is 3.46. The Morgan fingerprint density at radius 1 is 1.82 bits per heavy atom. The molecule has 0 radical (unpaired) electrons. The molecule has 1 heterocycles. The SMILES string of the molecule is Cn1ccc([C@@H](N)C(=O)O)c1. The number of nitrogens with two attached hydrogens (primary N) is 1. The second-order valence-electron chi connectivity index (χ2n) is 2.43. The quantitative estimate of drug-likeness (QED) is 0.635. The molecule has 1 rings (SSSR count). The molecule has 0 aliphatic rings. The van der Waals surface area contributed by atoms with Crippen LogP contribution >= 0.6 is 0 Å². The van der Waals surface area contributed by atoms with Crippen molar-refractivity contribution in [2.24, 2.45) is 12.8 Å². The highest BCUT2D eigenvalue weighted by Gasteiger charge is 2.14. The number of carboxylic acid groups (broad SMARTS) is 1. The van der Waals surface area contributed by atoms with Gasteiger partial charge in [-0.25, -0.2) is 0 Å². The molecule has 0 bridgehead atoms. The van der Waals surface area contributed by atoms with Crippen LogP contribution in [0.2, 0.25) is 0 Å². The van der Waals surface area contributed by atoms with Crippen LogP contribution in [0.15, 0.2) is 18.5 Å².